The minimum atomic E-state index is -3.52. The van der Waals surface area contributed by atoms with Crippen molar-refractivity contribution < 1.29 is 17.5 Å². The van der Waals surface area contributed by atoms with Gasteiger partial charge in [-0.15, -0.1) is 0 Å². The van der Waals surface area contributed by atoms with Gasteiger partial charge in [0.2, 0.25) is 15.9 Å². The van der Waals surface area contributed by atoms with Crippen molar-refractivity contribution in [1.29, 1.82) is 5.26 Å². The summed E-state index contributed by atoms with van der Waals surface area (Å²) in [6.07, 6.45) is 1.92. The van der Waals surface area contributed by atoms with Crippen molar-refractivity contribution in [1.82, 2.24) is 9.97 Å². The fourth-order valence-corrected chi connectivity index (χ4v) is 3.95. The largest absolute Gasteiger partial charge is 0.477 e. The van der Waals surface area contributed by atoms with Crippen LogP contribution in [0.5, 0.6) is 5.88 Å². The molecule has 0 unspecified atom stereocenters. The molecule has 0 aliphatic carbocycles. The third-order valence-corrected chi connectivity index (χ3v) is 5.57. The van der Waals surface area contributed by atoms with E-state index in [0.29, 0.717) is 29.7 Å². The lowest BCUT2D eigenvalue weighted by atomic mass is 10.1. The van der Waals surface area contributed by atoms with Crippen LogP contribution in [0.2, 0.25) is 0 Å². The summed E-state index contributed by atoms with van der Waals surface area (Å²) >= 11 is 0. The van der Waals surface area contributed by atoms with Gasteiger partial charge in [-0.05, 0) is 43.7 Å². The number of halogens is 1. The van der Waals surface area contributed by atoms with E-state index in [-0.39, 0.29) is 28.6 Å². The van der Waals surface area contributed by atoms with Gasteiger partial charge in [0, 0.05) is 0 Å². The molecule has 0 bridgehead atoms. The number of nitrogens with zero attached hydrogens (tertiary/aromatic N) is 3. The summed E-state index contributed by atoms with van der Waals surface area (Å²) in [5.74, 6) is -0.374. The summed E-state index contributed by atoms with van der Waals surface area (Å²) in [5, 5.41) is 12.5. The van der Waals surface area contributed by atoms with Crippen molar-refractivity contribution in [2.24, 2.45) is 0 Å². The number of hydrogen-bond acceptors (Lipinski definition) is 7. The maximum atomic E-state index is 14.4. The molecule has 30 heavy (non-hydrogen) atoms. The molecule has 3 aromatic rings. The molecule has 156 valence electrons. The Morgan fingerprint density at radius 2 is 2.00 bits per heavy atom. The van der Waals surface area contributed by atoms with Crippen molar-refractivity contribution in [3.63, 3.8) is 0 Å². The van der Waals surface area contributed by atoms with Gasteiger partial charge in [0.15, 0.2) is 0 Å². The Kier molecular flexibility index (Phi) is 6.32. The minimum Gasteiger partial charge on any atom is -0.477 e. The fraction of sp³-hybridized carbons (Fsp3) is 0.250. The lowest BCUT2D eigenvalue weighted by Gasteiger charge is -2.13. The fourth-order valence-electron chi connectivity index (χ4n) is 2.83. The van der Waals surface area contributed by atoms with E-state index in [2.05, 4.69) is 26.1 Å². The first-order chi connectivity index (χ1) is 14.4. The van der Waals surface area contributed by atoms with Gasteiger partial charge in [0.1, 0.15) is 23.0 Å². The van der Waals surface area contributed by atoms with E-state index < -0.39 is 15.8 Å². The summed E-state index contributed by atoms with van der Waals surface area (Å²) < 4.78 is 46.1. The van der Waals surface area contributed by atoms with E-state index in [1.54, 1.807) is 26.0 Å². The standard InChI is InChI=1S/C20H20FN5O3S/c1-3-9-30(27,28)26-13-5-6-15(21)18(10-13)24-16-7-8-17-20(14(16)11-22)25-19(12-23-17)29-4-2/h5-8,10,12,24,26H,3-4,9H2,1-2H3. The predicted octanol–water partition coefficient (Wildman–Crippen LogP) is 3.93. The van der Waals surface area contributed by atoms with Crippen LogP contribution in [0.4, 0.5) is 21.5 Å². The zero-order chi connectivity index (χ0) is 21.7. The number of hydrogen-bond donors (Lipinski definition) is 2. The van der Waals surface area contributed by atoms with Gasteiger partial charge in [-0.2, -0.15) is 5.26 Å². The van der Waals surface area contributed by atoms with Crippen LogP contribution in [0, 0.1) is 17.1 Å². The second-order valence-corrected chi connectivity index (χ2v) is 8.19. The molecule has 1 aromatic heterocycles. The Labute approximate surface area is 173 Å². The number of anilines is 3. The molecule has 0 saturated heterocycles. The van der Waals surface area contributed by atoms with Gasteiger partial charge in [-0.3, -0.25) is 4.72 Å². The Morgan fingerprint density at radius 1 is 1.20 bits per heavy atom. The molecule has 1 heterocycles. The normalized spacial score (nSPS) is 11.1. The summed E-state index contributed by atoms with van der Waals surface area (Å²) in [5.41, 5.74) is 1.50. The summed E-state index contributed by atoms with van der Waals surface area (Å²) in [4.78, 5) is 8.54. The number of rotatable bonds is 8. The highest BCUT2D eigenvalue weighted by atomic mass is 32.2. The third-order valence-electron chi connectivity index (χ3n) is 4.08. The molecule has 10 heteroatoms. The molecule has 8 nitrogen and oxygen atoms in total. The molecule has 2 N–H and O–H groups in total. The first-order valence-electron chi connectivity index (χ1n) is 9.26. The molecular weight excluding hydrogens is 409 g/mol. The molecule has 0 aliphatic heterocycles. The molecule has 0 fully saturated rings. The quantitative estimate of drug-likeness (QED) is 0.557. The lowest BCUT2D eigenvalue weighted by molar-refractivity contribution is 0.326. The number of aromatic nitrogens is 2. The highest BCUT2D eigenvalue weighted by Crippen LogP contribution is 2.30. The summed E-state index contributed by atoms with van der Waals surface area (Å²) in [6.45, 7) is 3.95. The van der Waals surface area contributed by atoms with Gasteiger partial charge < -0.3 is 10.1 Å². The van der Waals surface area contributed by atoms with Crippen molar-refractivity contribution in [3.05, 3.63) is 47.9 Å². The molecule has 3 rings (SSSR count). The van der Waals surface area contributed by atoms with Crippen LogP contribution in [0.3, 0.4) is 0 Å². The number of benzene rings is 2. The van der Waals surface area contributed by atoms with Crippen LogP contribution in [0.15, 0.2) is 36.5 Å². The number of nitriles is 1. The Bertz CT molecular complexity index is 1230. The average molecular weight is 429 g/mol. The van der Waals surface area contributed by atoms with E-state index in [1.807, 2.05) is 0 Å². The van der Waals surface area contributed by atoms with Gasteiger partial charge in [-0.25, -0.2) is 22.8 Å². The molecule has 2 aromatic carbocycles. The van der Waals surface area contributed by atoms with Gasteiger partial charge in [-0.1, -0.05) is 6.92 Å². The van der Waals surface area contributed by atoms with Gasteiger partial charge in [0.25, 0.3) is 0 Å². The molecule has 0 amide bonds. The number of nitrogens with one attached hydrogen (secondary N) is 2. The molecule has 0 radical (unpaired) electrons. The maximum absolute atomic E-state index is 14.4. The predicted molar refractivity (Wildman–Crippen MR) is 113 cm³/mol. The molecule has 0 spiro atoms. The lowest BCUT2D eigenvalue weighted by Crippen LogP contribution is -2.16. The number of sulfonamides is 1. The highest BCUT2D eigenvalue weighted by Gasteiger charge is 2.15. The van der Waals surface area contributed by atoms with E-state index >= 15 is 0 Å². The van der Waals surface area contributed by atoms with E-state index in [0.717, 1.165) is 6.07 Å². The Balaban J connectivity index is 1.99. The first-order valence-corrected chi connectivity index (χ1v) is 10.9. The Hall–Kier alpha value is -3.45. The van der Waals surface area contributed by atoms with Gasteiger partial charge in [0.05, 0.1) is 41.1 Å². The van der Waals surface area contributed by atoms with Crippen LogP contribution < -0.4 is 14.8 Å². The SMILES string of the molecule is CCCS(=O)(=O)Nc1ccc(F)c(Nc2ccc3ncc(OCC)nc3c2C#N)c1. The average Bonchev–Trinajstić information content (AvgIpc) is 2.70. The van der Waals surface area contributed by atoms with Crippen molar-refractivity contribution in [2.75, 3.05) is 22.4 Å². The van der Waals surface area contributed by atoms with Crippen LogP contribution in [0.25, 0.3) is 11.0 Å². The van der Waals surface area contributed by atoms with Crippen molar-refractivity contribution in [2.45, 2.75) is 20.3 Å². The topological polar surface area (TPSA) is 117 Å². The number of fused-ring (bicyclic) bond motifs is 1. The first kappa shape index (κ1) is 21.3. The van der Waals surface area contributed by atoms with E-state index in [9.17, 15) is 18.1 Å². The summed E-state index contributed by atoms with van der Waals surface area (Å²) in [6, 6.07) is 9.10. The van der Waals surface area contributed by atoms with Crippen LogP contribution in [-0.4, -0.2) is 30.7 Å². The van der Waals surface area contributed by atoms with Crippen molar-refractivity contribution in [3.8, 4) is 11.9 Å². The molecule has 0 saturated carbocycles. The van der Waals surface area contributed by atoms with Crippen LogP contribution >= 0.6 is 0 Å². The number of ether oxygens (including phenoxy) is 1. The second-order valence-electron chi connectivity index (χ2n) is 6.35. The molecule has 0 aliphatic rings. The molecular formula is C20H20FN5O3S. The van der Waals surface area contributed by atoms with Crippen molar-refractivity contribution >= 4 is 38.1 Å². The molecule has 0 atom stereocenters. The highest BCUT2D eigenvalue weighted by molar-refractivity contribution is 7.92. The van der Waals surface area contributed by atoms with Gasteiger partial charge >= 0.3 is 0 Å². The second kappa shape index (κ2) is 8.92. The van der Waals surface area contributed by atoms with E-state index in [1.165, 1.54) is 18.3 Å². The third kappa shape index (κ3) is 4.75. The summed E-state index contributed by atoms with van der Waals surface area (Å²) in [7, 11) is -3.52. The zero-order valence-electron chi connectivity index (χ0n) is 16.4. The minimum absolute atomic E-state index is 0.0106. The maximum Gasteiger partial charge on any atom is 0.232 e. The Morgan fingerprint density at radius 3 is 2.70 bits per heavy atom. The van der Waals surface area contributed by atoms with Crippen LogP contribution in [-0.2, 0) is 10.0 Å². The zero-order valence-corrected chi connectivity index (χ0v) is 17.3. The van der Waals surface area contributed by atoms with E-state index in [4.69, 9.17) is 4.74 Å². The monoisotopic (exact) mass is 429 g/mol. The van der Waals surface area contributed by atoms with Crippen LogP contribution in [0.1, 0.15) is 25.8 Å². The smallest absolute Gasteiger partial charge is 0.232 e.